The third-order valence-electron chi connectivity index (χ3n) is 6.55. The number of amidine groups is 1. The van der Waals surface area contributed by atoms with Crippen molar-refractivity contribution in [3.63, 3.8) is 0 Å². The van der Waals surface area contributed by atoms with Gasteiger partial charge >= 0.3 is 0 Å². The zero-order chi connectivity index (χ0) is 23.8. The van der Waals surface area contributed by atoms with Crippen molar-refractivity contribution in [3.05, 3.63) is 117 Å². The molecule has 2 aliphatic rings. The zero-order valence-electron chi connectivity index (χ0n) is 18.9. The normalized spacial score (nSPS) is 19.8. The molecule has 3 aromatic rings. The van der Waals surface area contributed by atoms with Crippen molar-refractivity contribution in [2.45, 2.75) is 32.1 Å². The van der Waals surface area contributed by atoms with Crippen LogP contribution in [0.2, 0.25) is 0 Å². The van der Waals surface area contributed by atoms with Gasteiger partial charge in [0.2, 0.25) is 0 Å². The molecule has 0 saturated carbocycles. The molecule has 0 aromatic heterocycles. The van der Waals surface area contributed by atoms with E-state index in [9.17, 15) is 15.3 Å². The van der Waals surface area contributed by atoms with E-state index in [0.29, 0.717) is 29.6 Å². The highest BCUT2D eigenvalue weighted by Crippen LogP contribution is 2.47. The molecule has 0 fully saturated rings. The number of nitrogens with zero attached hydrogens (tertiary/aromatic N) is 1. The van der Waals surface area contributed by atoms with Crippen molar-refractivity contribution in [2.24, 2.45) is 0 Å². The van der Waals surface area contributed by atoms with Crippen LogP contribution in [0, 0.1) is 12.3 Å². The predicted molar refractivity (Wildman–Crippen MR) is 140 cm³/mol. The van der Waals surface area contributed by atoms with Crippen molar-refractivity contribution in [1.29, 1.82) is 5.41 Å². The molecule has 1 aliphatic heterocycles. The summed E-state index contributed by atoms with van der Waals surface area (Å²) in [5, 5.41) is 20.9. The standard InChI is InChI=1S/C29H25BrN2O2/c1-18-10-12-19(13-11-18)25-26-23(8-5-9-24(26)33)32(22-16-14-21(30)15-17-22)29(31)27(25)28(34)20-6-3-2-4-7-20/h2-4,6-7,10-17,25,31,34H,5,8-9H2,1H3. The van der Waals surface area contributed by atoms with Gasteiger partial charge in [0.25, 0.3) is 0 Å². The quantitative estimate of drug-likeness (QED) is 0.361. The Morgan fingerprint density at radius 1 is 0.971 bits per heavy atom. The molecule has 0 amide bonds. The second kappa shape index (κ2) is 9.07. The number of hydrogen-bond donors (Lipinski definition) is 2. The van der Waals surface area contributed by atoms with Gasteiger partial charge in [-0.15, -0.1) is 0 Å². The van der Waals surface area contributed by atoms with Crippen molar-refractivity contribution in [2.75, 3.05) is 4.90 Å². The SMILES string of the molecule is Cc1ccc(C2C(=C(O)c3ccccc3)C(=N)N(c3ccc(Br)cc3)C3=C2C(=O)CCC3)cc1. The van der Waals surface area contributed by atoms with Gasteiger partial charge in [-0.2, -0.15) is 0 Å². The number of aliphatic hydroxyl groups excluding tert-OH is 1. The second-order valence-electron chi connectivity index (χ2n) is 8.77. The summed E-state index contributed by atoms with van der Waals surface area (Å²) in [7, 11) is 0. The molecule has 1 unspecified atom stereocenters. The molecule has 5 rings (SSSR count). The van der Waals surface area contributed by atoms with Crippen LogP contribution in [0.1, 0.15) is 41.9 Å². The number of Topliss-reactive ketones (excluding diaryl/α,β-unsaturated/α-hetero) is 1. The van der Waals surface area contributed by atoms with Crippen LogP contribution in [-0.2, 0) is 4.79 Å². The molecule has 0 spiro atoms. The topological polar surface area (TPSA) is 64.4 Å². The van der Waals surface area contributed by atoms with E-state index in [-0.39, 0.29) is 17.4 Å². The maximum atomic E-state index is 13.5. The predicted octanol–water partition coefficient (Wildman–Crippen LogP) is 7.31. The van der Waals surface area contributed by atoms with Crippen LogP contribution in [0.4, 0.5) is 5.69 Å². The lowest BCUT2D eigenvalue weighted by Gasteiger charge is -2.41. The number of rotatable bonds is 3. The third-order valence-corrected chi connectivity index (χ3v) is 7.08. The average Bonchev–Trinajstić information content (AvgIpc) is 2.85. The van der Waals surface area contributed by atoms with E-state index in [2.05, 4.69) is 15.9 Å². The first-order valence-corrected chi connectivity index (χ1v) is 12.2. The first kappa shape index (κ1) is 22.4. The van der Waals surface area contributed by atoms with Crippen molar-refractivity contribution >= 4 is 39.0 Å². The minimum Gasteiger partial charge on any atom is -0.507 e. The van der Waals surface area contributed by atoms with Crippen LogP contribution in [0.25, 0.3) is 5.76 Å². The molecular weight excluding hydrogens is 488 g/mol. The number of ketones is 1. The number of aryl methyl sites for hydroxylation is 1. The van der Waals surface area contributed by atoms with Gasteiger partial charge in [0.1, 0.15) is 11.6 Å². The molecule has 170 valence electrons. The molecule has 0 saturated heterocycles. The number of benzene rings is 3. The zero-order valence-corrected chi connectivity index (χ0v) is 20.5. The molecule has 5 heteroatoms. The maximum absolute atomic E-state index is 13.5. The highest BCUT2D eigenvalue weighted by Gasteiger charge is 2.43. The highest BCUT2D eigenvalue weighted by molar-refractivity contribution is 9.10. The Balaban J connectivity index is 1.82. The molecule has 0 bridgehead atoms. The summed E-state index contributed by atoms with van der Waals surface area (Å²) in [6, 6.07) is 25.1. The van der Waals surface area contributed by atoms with Crippen LogP contribution in [0.5, 0.6) is 0 Å². The number of nitrogens with one attached hydrogen (secondary N) is 1. The fraction of sp³-hybridized carbons (Fsp3) is 0.172. The van der Waals surface area contributed by atoms with E-state index >= 15 is 0 Å². The summed E-state index contributed by atoms with van der Waals surface area (Å²) in [5.41, 5.74) is 5.45. The minimum absolute atomic E-state index is 0.0308. The van der Waals surface area contributed by atoms with Crippen molar-refractivity contribution < 1.29 is 9.90 Å². The van der Waals surface area contributed by atoms with E-state index in [1.54, 1.807) is 0 Å². The molecule has 2 N–H and O–H groups in total. The van der Waals surface area contributed by atoms with Crippen LogP contribution < -0.4 is 4.90 Å². The van der Waals surface area contributed by atoms with E-state index in [0.717, 1.165) is 33.4 Å². The first-order chi connectivity index (χ1) is 16.5. The van der Waals surface area contributed by atoms with Crippen molar-refractivity contribution in [1.82, 2.24) is 0 Å². The summed E-state index contributed by atoms with van der Waals surface area (Å²) in [6.07, 6.45) is 1.94. The fourth-order valence-corrected chi connectivity index (χ4v) is 5.18. The van der Waals surface area contributed by atoms with Gasteiger partial charge in [0.15, 0.2) is 5.78 Å². The largest absolute Gasteiger partial charge is 0.507 e. The van der Waals surface area contributed by atoms with Crippen LogP contribution in [0.15, 0.2) is 100 Å². The van der Waals surface area contributed by atoms with E-state index in [1.165, 1.54) is 0 Å². The van der Waals surface area contributed by atoms with Gasteiger partial charge in [-0.25, -0.2) is 0 Å². The minimum atomic E-state index is -0.497. The Kier molecular flexibility index (Phi) is 5.96. The Hall–Kier alpha value is -3.44. The average molecular weight is 513 g/mol. The molecule has 4 nitrogen and oxygen atoms in total. The summed E-state index contributed by atoms with van der Waals surface area (Å²) >= 11 is 3.49. The number of anilines is 1. The summed E-state index contributed by atoms with van der Waals surface area (Å²) in [5.74, 6) is -0.187. The Morgan fingerprint density at radius 2 is 1.65 bits per heavy atom. The molecule has 1 aliphatic carbocycles. The van der Waals surface area contributed by atoms with E-state index in [4.69, 9.17) is 0 Å². The van der Waals surface area contributed by atoms with Crippen LogP contribution in [0.3, 0.4) is 0 Å². The summed E-state index contributed by atoms with van der Waals surface area (Å²) in [6.45, 7) is 2.02. The summed E-state index contributed by atoms with van der Waals surface area (Å²) in [4.78, 5) is 15.3. The number of halogens is 1. The number of aliphatic hydroxyl groups is 1. The van der Waals surface area contributed by atoms with E-state index in [1.807, 2.05) is 90.7 Å². The fourth-order valence-electron chi connectivity index (χ4n) is 4.91. The number of allylic oxidation sites excluding steroid dienone is 2. The highest BCUT2D eigenvalue weighted by atomic mass is 79.9. The van der Waals surface area contributed by atoms with Gasteiger partial charge in [0.05, 0.1) is 0 Å². The van der Waals surface area contributed by atoms with Crippen LogP contribution in [-0.4, -0.2) is 16.7 Å². The van der Waals surface area contributed by atoms with Gasteiger partial charge in [-0.05, 0) is 49.6 Å². The maximum Gasteiger partial charge on any atom is 0.161 e. The molecule has 34 heavy (non-hydrogen) atoms. The third kappa shape index (κ3) is 3.90. The van der Waals surface area contributed by atoms with Gasteiger partial charge in [-0.1, -0.05) is 76.1 Å². The molecule has 3 aromatic carbocycles. The van der Waals surface area contributed by atoms with Crippen LogP contribution >= 0.6 is 15.9 Å². The number of carbonyl (C=O) groups is 1. The lowest BCUT2D eigenvalue weighted by molar-refractivity contribution is -0.116. The molecular formula is C29H25BrN2O2. The molecule has 0 radical (unpaired) electrons. The first-order valence-electron chi connectivity index (χ1n) is 11.4. The monoisotopic (exact) mass is 512 g/mol. The van der Waals surface area contributed by atoms with Crippen molar-refractivity contribution in [3.8, 4) is 0 Å². The number of carbonyl (C=O) groups excluding carboxylic acids is 1. The summed E-state index contributed by atoms with van der Waals surface area (Å²) < 4.78 is 0.939. The van der Waals surface area contributed by atoms with Gasteiger partial charge < -0.3 is 5.11 Å². The molecule has 1 heterocycles. The number of hydrogen-bond acceptors (Lipinski definition) is 3. The molecule has 1 atom stereocenters. The lowest BCUT2D eigenvalue weighted by Crippen LogP contribution is -2.42. The van der Waals surface area contributed by atoms with E-state index < -0.39 is 5.92 Å². The van der Waals surface area contributed by atoms with Gasteiger partial charge in [-0.3, -0.25) is 15.1 Å². The second-order valence-corrected chi connectivity index (χ2v) is 9.69. The van der Waals surface area contributed by atoms with Gasteiger partial charge in [0, 0.05) is 44.9 Å². The Morgan fingerprint density at radius 3 is 2.32 bits per heavy atom. The smallest absolute Gasteiger partial charge is 0.161 e. The Bertz CT molecular complexity index is 1320. The Labute approximate surface area is 207 Å². The lowest BCUT2D eigenvalue weighted by atomic mass is 9.73.